The van der Waals surface area contributed by atoms with Crippen molar-refractivity contribution in [1.82, 2.24) is 15.0 Å². The number of rotatable bonds is 9. The molecule has 6 heteroatoms. The van der Waals surface area contributed by atoms with E-state index in [1.165, 1.54) is 12.8 Å². The Hall–Kier alpha value is -0.980. The van der Waals surface area contributed by atoms with Gasteiger partial charge in [-0.3, -0.25) is 0 Å². The Morgan fingerprint density at radius 1 is 1.38 bits per heavy atom. The molecule has 0 radical (unpaired) electrons. The predicted molar refractivity (Wildman–Crippen MR) is 83.4 cm³/mol. The van der Waals surface area contributed by atoms with Crippen molar-refractivity contribution >= 4 is 10.0 Å². The molecule has 0 spiro atoms. The molecule has 1 unspecified atom stereocenters. The first-order valence-electron chi connectivity index (χ1n) is 7.69. The van der Waals surface area contributed by atoms with Crippen LogP contribution in [0.1, 0.15) is 45.1 Å². The van der Waals surface area contributed by atoms with E-state index in [0.29, 0.717) is 12.5 Å². The molecule has 1 saturated carbocycles. The van der Waals surface area contributed by atoms with Crippen molar-refractivity contribution in [1.29, 1.82) is 0 Å². The lowest BCUT2D eigenvalue weighted by atomic mass is 10.2. The third-order valence-electron chi connectivity index (χ3n) is 3.57. The quantitative estimate of drug-likeness (QED) is 0.685. The van der Waals surface area contributed by atoms with Gasteiger partial charge in [-0.1, -0.05) is 25.8 Å². The van der Waals surface area contributed by atoms with Crippen LogP contribution in [0.3, 0.4) is 0 Å². The molecule has 1 aromatic heterocycles. The van der Waals surface area contributed by atoms with Crippen LogP contribution in [0.5, 0.6) is 0 Å². The van der Waals surface area contributed by atoms with Crippen molar-refractivity contribution in [3.63, 3.8) is 0 Å². The van der Waals surface area contributed by atoms with E-state index in [4.69, 9.17) is 0 Å². The molecule has 21 heavy (non-hydrogen) atoms. The third kappa shape index (κ3) is 5.37. The molecule has 1 aromatic rings. The summed E-state index contributed by atoms with van der Waals surface area (Å²) < 4.78 is 27.2. The number of nitrogens with one attached hydrogen (secondary N) is 2. The lowest BCUT2D eigenvalue weighted by molar-refractivity contribution is 0.527. The summed E-state index contributed by atoms with van der Waals surface area (Å²) in [4.78, 5) is 4.09. The summed E-state index contributed by atoms with van der Waals surface area (Å²) in [6.07, 6.45) is 6.07. The fourth-order valence-corrected chi connectivity index (χ4v) is 3.50. The minimum atomic E-state index is -3.50. The van der Waals surface area contributed by atoms with Crippen LogP contribution < -0.4 is 10.0 Å². The minimum Gasteiger partial charge on any atom is -0.313 e. The highest BCUT2D eigenvalue weighted by molar-refractivity contribution is 7.89. The second-order valence-corrected chi connectivity index (χ2v) is 7.54. The van der Waals surface area contributed by atoms with Crippen LogP contribution in [0, 0.1) is 5.92 Å². The number of hydrogen-bond donors (Lipinski definition) is 2. The largest absolute Gasteiger partial charge is 0.313 e. The molecular weight excluding hydrogens is 286 g/mol. The van der Waals surface area contributed by atoms with Crippen molar-refractivity contribution in [2.45, 2.75) is 57.1 Å². The number of pyridine rings is 1. The molecule has 1 aliphatic rings. The minimum absolute atomic E-state index is 0.0322. The van der Waals surface area contributed by atoms with E-state index >= 15 is 0 Å². The monoisotopic (exact) mass is 311 g/mol. The van der Waals surface area contributed by atoms with E-state index in [-0.39, 0.29) is 11.1 Å². The maximum Gasteiger partial charge on any atom is 0.258 e. The molecule has 0 aromatic carbocycles. The molecule has 0 saturated heterocycles. The maximum absolute atomic E-state index is 12.2. The van der Waals surface area contributed by atoms with E-state index in [0.717, 1.165) is 24.9 Å². The summed E-state index contributed by atoms with van der Waals surface area (Å²) in [7, 11) is -3.50. The Morgan fingerprint density at radius 2 is 2.14 bits per heavy atom. The molecule has 0 amide bonds. The maximum atomic E-state index is 12.2. The van der Waals surface area contributed by atoms with Crippen LogP contribution in [-0.2, 0) is 16.6 Å². The van der Waals surface area contributed by atoms with Crippen molar-refractivity contribution in [3.8, 4) is 0 Å². The Balaban J connectivity index is 1.92. The van der Waals surface area contributed by atoms with Crippen LogP contribution in [0.4, 0.5) is 0 Å². The highest BCUT2D eigenvalue weighted by atomic mass is 32.2. The van der Waals surface area contributed by atoms with Gasteiger partial charge in [0.25, 0.3) is 10.0 Å². The van der Waals surface area contributed by atoms with Crippen LogP contribution in [0.2, 0.25) is 0 Å². The van der Waals surface area contributed by atoms with Crippen LogP contribution >= 0.6 is 0 Å². The number of sulfonamides is 1. The Bertz CT molecular complexity index is 539. The molecule has 0 bridgehead atoms. The highest BCUT2D eigenvalue weighted by Crippen LogP contribution is 2.33. The SMILES string of the molecule is CCCNCc1ccc(S(=O)(=O)NC(C)CC2CC2)nc1. The van der Waals surface area contributed by atoms with Crippen LogP contribution in [-0.4, -0.2) is 26.0 Å². The normalized spacial score (nSPS) is 16.9. The zero-order valence-corrected chi connectivity index (χ0v) is 13.6. The van der Waals surface area contributed by atoms with Gasteiger partial charge in [0, 0.05) is 18.8 Å². The van der Waals surface area contributed by atoms with Crippen molar-refractivity contribution in [2.24, 2.45) is 5.92 Å². The fraction of sp³-hybridized carbons (Fsp3) is 0.667. The van der Waals surface area contributed by atoms with Gasteiger partial charge in [-0.2, -0.15) is 0 Å². The first-order valence-corrected chi connectivity index (χ1v) is 9.17. The second kappa shape index (κ2) is 7.33. The summed E-state index contributed by atoms with van der Waals surface area (Å²) in [6.45, 7) is 5.68. The molecule has 118 valence electrons. The first kappa shape index (κ1) is 16.4. The van der Waals surface area contributed by atoms with Gasteiger partial charge in [0.1, 0.15) is 0 Å². The summed E-state index contributed by atoms with van der Waals surface area (Å²) in [5, 5.41) is 3.37. The predicted octanol–water partition coefficient (Wildman–Crippen LogP) is 2.05. The molecule has 2 N–H and O–H groups in total. The first-order chi connectivity index (χ1) is 10.0. The van der Waals surface area contributed by atoms with E-state index in [2.05, 4.69) is 21.9 Å². The molecule has 1 aliphatic carbocycles. The molecule has 1 atom stereocenters. The van der Waals surface area contributed by atoms with Gasteiger partial charge in [-0.15, -0.1) is 0 Å². The second-order valence-electron chi connectivity index (χ2n) is 5.88. The van der Waals surface area contributed by atoms with E-state index < -0.39 is 10.0 Å². The highest BCUT2D eigenvalue weighted by Gasteiger charge is 2.26. The van der Waals surface area contributed by atoms with Gasteiger partial charge >= 0.3 is 0 Å². The Labute approximate surface area is 127 Å². The lowest BCUT2D eigenvalue weighted by Gasteiger charge is -2.13. The molecule has 5 nitrogen and oxygen atoms in total. The average Bonchev–Trinajstić information content (AvgIpc) is 3.23. The van der Waals surface area contributed by atoms with Gasteiger partial charge in [0.05, 0.1) is 0 Å². The smallest absolute Gasteiger partial charge is 0.258 e. The van der Waals surface area contributed by atoms with Gasteiger partial charge < -0.3 is 5.32 Å². The van der Waals surface area contributed by atoms with Crippen molar-refractivity contribution in [3.05, 3.63) is 23.9 Å². The fourth-order valence-electron chi connectivity index (χ4n) is 2.31. The van der Waals surface area contributed by atoms with E-state index in [1.807, 2.05) is 13.0 Å². The topological polar surface area (TPSA) is 71.1 Å². The zero-order valence-electron chi connectivity index (χ0n) is 12.8. The van der Waals surface area contributed by atoms with Crippen LogP contribution in [0.15, 0.2) is 23.4 Å². The van der Waals surface area contributed by atoms with Gasteiger partial charge in [0.15, 0.2) is 5.03 Å². The molecule has 1 fully saturated rings. The summed E-state index contributed by atoms with van der Waals surface area (Å²) in [6, 6.07) is 3.36. The standard InChI is InChI=1S/C15H25N3O2S/c1-3-8-16-10-14-6-7-15(17-11-14)21(19,20)18-12(2)9-13-4-5-13/h6-7,11-13,16,18H,3-5,8-10H2,1-2H3. The van der Waals surface area contributed by atoms with Gasteiger partial charge in [0.2, 0.25) is 0 Å². The van der Waals surface area contributed by atoms with Crippen molar-refractivity contribution in [2.75, 3.05) is 6.54 Å². The zero-order chi connectivity index (χ0) is 15.3. The average molecular weight is 311 g/mol. The Kier molecular flexibility index (Phi) is 5.72. The molecule has 1 heterocycles. The Morgan fingerprint density at radius 3 is 2.71 bits per heavy atom. The lowest BCUT2D eigenvalue weighted by Crippen LogP contribution is -2.33. The third-order valence-corrected chi connectivity index (χ3v) is 5.07. The molecule has 0 aliphatic heterocycles. The number of aromatic nitrogens is 1. The van der Waals surface area contributed by atoms with Crippen LogP contribution in [0.25, 0.3) is 0 Å². The summed E-state index contributed by atoms with van der Waals surface area (Å²) in [5.41, 5.74) is 0.994. The molecule has 2 rings (SSSR count). The number of nitrogens with zero attached hydrogens (tertiary/aromatic N) is 1. The summed E-state index contributed by atoms with van der Waals surface area (Å²) >= 11 is 0. The summed E-state index contributed by atoms with van der Waals surface area (Å²) in [5.74, 6) is 0.697. The number of hydrogen-bond acceptors (Lipinski definition) is 4. The molecular formula is C15H25N3O2S. The van der Waals surface area contributed by atoms with E-state index in [9.17, 15) is 8.42 Å². The van der Waals surface area contributed by atoms with Gasteiger partial charge in [-0.25, -0.2) is 18.1 Å². The van der Waals surface area contributed by atoms with Gasteiger partial charge in [-0.05, 0) is 43.9 Å². The van der Waals surface area contributed by atoms with E-state index in [1.54, 1.807) is 12.3 Å². The van der Waals surface area contributed by atoms with Crippen molar-refractivity contribution < 1.29 is 8.42 Å².